The van der Waals surface area contributed by atoms with E-state index in [0.717, 1.165) is 19.4 Å². The van der Waals surface area contributed by atoms with Gasteiger partial charge < -0.3 is 9.47 Å². The average Bonchev–Trinajstić information content (AvgIpc) is 2.82. The van der Waals surface area contributed by atoms with E-state index in [1.165, 1.54) is 18.2 Å². The molecule has 1 atom stereocenters. The van der Waals surface area contributed by atoms with Crippen LogP contribution in [0.3, 0.4) is 0 Å². The molecule has 1 aromatic rings. The van der Waals surface area contributed by atoms with Gasteiger partial charge in [0.2, 0.25) is 0 Å². The monoisotopic (exact) mass is 238 g/mol. The van der Waals surface area contributed by atoms with E-state index < -0.39 is 5.82 Å². The van der Waals surface area contributed by atoms with Crippen molar-refractivity contribution in [2.24, 2.45) is 0 Å². The molecular weight excluding hydrogens is 223 g/mol. The summed E-state index contributed by atoms with van der Waals surface area (Å²) in [7, 11) is 0. The molecule has 0 aromatic heterocycles. The molecule has 17 heavy (non-hydrogen) atoms. The number of benzene rings is 1. The van der Waals surface area contributed by atoms with E-state index in [-0.39, 0.29) is 18.5 Å². The van der Waals surface area contributed by atoms with Crippen molar-refractivity contribution in [3.05, 3.63) is 35.6 Å². The van der Waals surface area contributed by atoms with Crippen molar-refractivity contribution >= 4 is 5.78 Å². The van der Waals surface area contributed by atoms with Gasteiger partial charge in [0.15, 0.2) is 5.78 Å². The fourth-order valence-corrected chi connectivity index (χ4v) is 1.80. The van der Waals surface area contributed by atoms with Gasteiger partial charge in [0.25, 0.3) is 0 Å². The highest BCUT2D eigenvalue weighted by atomic mass is 19.1. The quantitative estimate of drug-likeness (QED) is 0.738. The van der Waals surface area contributed by atoms with Crippen molar-refractivity contribution in [3.8, 4) is 0 Å². The third-order valence-electron chi connectivity index (χ3n) is 2.71. The summed E-state index contributed by atoms with van der Waals surface area (Å²) in [4.78, 5) is 11.6. The van der Waals surface area contributed by atoms with E-state index in [4.69, 9.17) is 9.47 Å². The van der Waals surface area contributed by atoms with Crippen LogP contribution in [0, 0.1) is 5.82 Å². The van der Waals surface area contributed by atoms with Gasteiger partial charge in [0, 0.05) is 12.2 Å². The van der Waals surface area contributed by atoms with E-state index in [1.54, 1.807) is 6.07 Å². The number of Topliss-reactive ketones (excluding diaryl/α,β-unsaturated/α-hetero) is 1. The minimum absolute atomic E-state index is 0.0245. The fourth-order valence-electron chi connectivity index (χ4n) is 1.80. The Morgan fingerprint density at radius 1 is 1.53 bits per heavy atom. The van der Waals surface area contributed by atoms with Crippen LogP contribution in [0.15, 0.2) is 24.3 Å². The lowest BCUT2D eigenvalue weighted by Crippen LogP contribution is -2.18. The third-order valence-corrected chi connectivity index (χ3v) is 2.71. The highest BCUT2D eigenvalue weighted by Crippen LogP contribution is 2.12. The number of hydrogen-bond donors (Lipinski definition) is 0. The molecule has 0 saturated carbocycles. The molecule has 2 rings (SSSR count). The summed E-state index contributed by atoms with van der Waals surface area (Å²) >= 11 is 0. The lowest BCUT2D eigenvalue weighted by Gasteiger charge is -2.09. The van der Waals surface area contributed by atoms with Gasteiger partial charge in [0.1, 0.15) is 12.4 Å². The molecule has 0 N–H and O–H groups in total. The second kappa shape index (κ2) is 5.89. The Morgan fingerprint density at radius 2 is 2.41 bits per heavy atom. The summed E-state index contributed by atoms with van der Waals surface area (Å²) in [6, 6.07) is 5.63. The summed E-state index contributed by atoms with van der Waals surface area (Å²) in [5.74, 6) is -0.613. The maximum atomic E-state index is 12.9. The predicted molar refractivity (Wildman–Crippen MR) is 60.5 cm³/mol. The van der Waals surface area contributed by atoms with Crippen LogP contribution in [0.2, 0.25) is 0 Å². The Kier molecular flexibility index (Phi) is 4.23. The first-order valence-corrected chi connectivity index (χ1v) is 5.74. The Bertz CT molecular complexity index is 386. The molecule has 92 valence electrons. The highest BCUT2D eigenvalue weighted by Gasteiger charge is 2.16. The zero-order chi connectivity index (χ0) is 12.1. The first-order valence-electron chi connectivity index (χ1n) is 5.74. The van der Waals surface area contributed by atoms with Crippen molar-refractivity contribution in [2.45, 2.75) is 18.9 Å². The second-order valence-corrected chi connectivity index (χ2v) is 4.08. The molecule has 1 aliphatic heterocycles. The number of carbonyl (C=O) groups excluding carboxylic acids is 1. The summed E-state index contributed by atoms with van der Waals surface area (Å²) in [5.41, 5.74) is 0.345. The molecule has 0 aliphatic carbocycles. The standard InChI is InChI=1S/C13H15FO3/c14-11-4-1-3-10(7-11)13(15)9-16-8-12-5-2-6-17-12/h1,3-4,7,12H,2,5-6,8-9H2. The topological polar surface area (TPSA) is 35.5 Å². The van der Waals surface area contributed by atoms with Gasteiger partial charge in [-0.25, -0.2) is 4.39 Å². The lowest BCUT2D eigenvalue weighted by molar-refractivity contribution is 0.0190. The lowest BCUT2D eigenvalue weighted by atomic mass is 10.1. The molecule has 0 bridgehead atoms. The Hall–Kier alpha value is -1.26. The van der Waals surface area contributed by atoms with E-state index in [9.17, 15) is 9.18 Å². The number of halogens is 1. The Labute approximate surface area is 99.5 Å². The van der Waals surface area contributed by atoms with Gasteiger partial charge in [-0.2, -0.15) is 0 Å². The van der Waals surface area contributed by atoms with Gasteiger partial charge in [0.05, 0.1) is 12.7 Å². The fraction of sp³-hybridized carbons (Fsp3) is 0.462. The van der Waals surface area contributed by atoms with Crippen LogP contribution in [0.1, 0.15) is 23.2 Å². The van der Waals surface area contributed by atoms with Crippen LogP contribution >= 0.6 is 0 Å². The molecular formula is C13H15FO3. The Morgan fingerprint density at radius 3 is 3.12 bits per heavy atom. The molecule has 1 saturated heterocycles. The average molecular weight is 238 g/mol. The minimum Gasteiger partial charge on any atom is -0.376 e. The molecule has 1 fully saturated rings. The van der Waals surface area contributed by atoms with Crippen molar-refractivity contribution in [2.75, 3.05) is 19.8 Å². The normalized spacial score (nSPS) is 19.5. The van der Waals surface area contributed by atoms with Crippen LogP contribution in [0.4, 0.5) is 4.39 Å². The van der Waals surface area contributed by atoms with Gasteiger partial charge in [-0.1, -0.05) is 12.1 Å². The molecule has 0 spiro atoms. The zero-order valence-electron chi connectivity index (χ0n) is 9.52. The van der Waals surface area contributed by atoms with Crippen LogP contribution in [0.5, 0.6) is 0 Å². The number of ether oxygens (including phenoxy) is 2. The van der Waals surface area contributed by atoms with Crippen LogP contribution in [-0.4, -0.2) is 31.7 Å². The summed E-state index contributed by atoms with van der Waals surface area (Å²) < 4.78 is 23.5. The molecule has 4 heteroatoms. The predicted octanol–water partition coefficient (Wildman–Crippen LogP) is 2.20. The Balaban J connectivity index is 1.77. The molecule has 3 nitrogen and oxygen atoms in total. The summed E-state index contributed by atoms with van der Waals surface area (Å²) in [5, 5.41) is 0. The molecule has 1 aliphatic rings. The molecule has 0 radical (unpaired) electrons. The van der Waals surface area contributed by atoms with Gasteiger partial charge in [-0.15, -0.1) is 0 Å². The highest BCUT2D eigenvalue weighted by molar-refractivity contribution is 5.97. The van der Waals surface area contributed by atoms with Crippen molar-refractivity contribution in [1.29, 1.82) is 0 Å². The number of ketones is 1. The van der Waals surface area contributed by atoms with Gasteiger partial charge in [-0.05, 0) is 25.0 Å². The van der Waals surface area contributed by atoms with E-state index in [2.05, 4.69) is 0 Å². The SMILES string of the molecule is O=C(COCC1CCCO1)c1cccc(F)c1. The molecule has 1 aromatic carbocycles. The first kappa shape index (κ1) is 12.2. The van der Waals surface area contributed by atoms with Crippen LogP contribution in [-0.2, 0) is 9.47 Å². The van der Waals surface area contributed by atoms with Crippen LogP contribution < -0.4 is 0 Å². The van der Waals surface area contributed by atoms with Crippen molar-refractivity contribution < 1.29 is 18.7 Å². The van der Waals surface area contributed by atoms with Crippen molar-refractivity contribution in [3.63, 3.8) is 0 Å². The molecule has 1 heterocycles. The van der Waals surface area contributed by atoms with Gasteiger partial charge in [-0.3, -0.25) is 4.79 Å². The summed E-state index contributed by atoms with van der Waals surface area (Å²) in [6.07, 6.45) is 2.13. The third kappa shape index (κ3) is 3.61. The maximum absolute atomic E-state index is 12.9. The van der Waals surface area contributed by atoms with Crippen molar-refractivity contribution in [1.82, 2.24) is 0 Å². The minimum atomic E-state index is -0.407. The van der Waals surface area contributed by atoms with Gasteiger partial charge >= 0.3 is 0 Å². The van der Waals surface area contributed by atoms with E-state index >= 15 is 0 Å². The largest absolute Gasteiger partial charge is 0.376 e. The summed E-state index contributed by atoms with van der Waals surface area (Å²) in [6.45, 7) is 1.18. The first-order chi connectivity index (χ1) is 8.25. The number of hydrogen-bond acceptors (Lipinski definition) is 3. The van der Waals surface area contributed by atoms with E-state index in [1.807, 2.05) is 0 Å². The van der Waals surface area contributed by atoms with E-state index in [0.29, 0.717) is 12.2 Å². The zero-order valence-corrected chi connectivity index (χ0v) is 9.52. The molecule has 1 unspecified atom stereocenters. The number of carbonyl (C=O) groups is 1. The number of rotatable bonds is 5. The smallest absolute Gasteiger partial charge is 0.188 e. The van der Waals surface area contributed by atoms with Crippen LogP contribution in [0.25, 0.3) is 0 Å². The molecule has 0 amide bonds. The second-order valence-electron chi connectivity index (χ2n) is 4.08. The maximum Gasteiger partial charge on any atom is 0.188 e.